The van der Waals surface area contributed by atoms with Gasteiger partial charge in [-0.25, -0.2) is 0 Å². The molecule has 1 N–H and O–H groups in total. The minimum absolute atomic E-state index is 0.109. The molecule has 2 heterocycles. The fourth-order valence-electron chi connectivity index (χ4n) is 3.12. The van der Waals surface area contributed by atoms with E-state index in [2.05, 4.69) is 15.3 Å². The number of methoxy groups -OCH3 is 1. The fourth-order valence-corrected chi connectivity index (χ4v) is 3.12. The largest absolute Gasteiger partial charge is 0.480 e. The summed E-state index contributed by atoms with van der Waals surface area (Å²) in [6.45, 7) is 0.214. The lowest BCUT2D eigenvalue weighted by Gasteiger charge is -2.17. The quantitative estimate of drug-likeness (QED) is 0.805. The number of rotatable bonds is 4. The average Bonchev–Trinajstić information content (AvgIpc) is 2.96. The third-order valence-electron chi connectivity index (χ3n) is 4.54. The SMILES string of the molecule is COc1cncc(NC(=O)[C@@H]2C(=O)N(C)C[C@H]2c2ccc(C(F)(F)F)cc2)n1. The van der Waals surface area contributed by atoms with Crippen LogP contribution in [0.4, 0.5) is 19.0 Å². The molecule has 1 aromatic heterocycles. The Balaban J connectivity index is 1.84. The number of likely N-dealkylation sites (tertiary alicyclic amines) is 1. The molecule has 7 nitrogen and oxygen atoms in total. The maximum absolute atomic E-state index is 12.8. The van der Waals surface area contributed by atoms with E-state index in [1.54, 1.807) is 0 Å². The molecule has 1 aliphatic heterocycles. The molecule has 148 valence electrons. The highest BCUT2D eigenvalue weighted by molar-refractivity contribution is 6.08. The Hall–Kier alpha value is -3.17. The molecule has 0 saturated carbocycles. The lowest BCUT2D eigenvalue weighted by Crippen LogP contribution is -2.33. The van der Waals surface area contributed by atoms with Crippen molar-refractivity contribution in [2.75, 3.05) is 26.0 Å². The van der Waals surface area contributed by atoms with Gasteiger partial charge in [0.1, 0.15) is 5.92 Å². The van der Waals surface area contributed by atoms with E-state index in [-0.39, 0.29) is 18.2 Å². The van der Waals surface area contributed by atoms with Crippen molar-refractivity contribution in [3.8, 4) is 5.88 Å². The van der Waals surface area contributed by atoms with Crippen molar-refractivity contribution in [3.05, 3.63) is 47.8 Å². The van der Waals surface area contributed by atoms with E-state index < -0.39 is 35.4 Å². The summed E-state index contributed by atoms with van der Waals surface area (Å²) in [6, 6.07) is 4.48. The van der Waals surface area contributed by atoms with E-state index in [4.69, 9.17) is 4.74 Å². The van der Waals surface area contributed by atoms with Crippen molar-refractivity contribution < 1.29 is 27.5 Å². The van der Waals surface area contributed by atoms with Crippen LogP contribution in [0.3, 0.4) is 0 Å². The topological polar surface area (TPSA) is 84.4 Å². The Kier molecular flexibility index (Phi) is 5.21. The first-order chi connectivity index (χ1) is 13.2. The zero-order valence-corrected chi connectivity index (χ0v) is 15.0. The van der Waals surface area contributed by atoms with Gasteiger partial charge in [0, 0.05) is 19.5 Å². The minimum Gasteiger partial charge on any atom is -0.480 e. The van der Waals surface area contributed by atoms with Gasteiger partial charge in [0.2, 0.25) is 17.7 Å². The van der Waals surface area contributed by atoms with Gasteiger partial charge in [0.15, 0.2) is 5.82 Å². The van der Waals surface area contributed by atoms with Crippen LogP contribution in [-0.4, -0.2) is 47.4 Å². The van der Waals surface area contributed by atoms with E-state index in [0.717, 1.165) is 12.1 Å². The number of carbonyl (C=O) groups is 2. The maximum Gasteiger partial charge on any atom is 0.416 e. The molecule has 1 saturated heterocycles. The third-order valence-corrected chi connectivity index (χ3v) is 4.54. The first kappa shape index (κ1) is 19.6. The van der Waals surface area contributed by atoms with Crippen molar-refractivity contribution in [1.82, 2.24) is 14.9 Å². The number of anilines is 1. The van der Waals surface area contributed by atoms with Gasteiger partial charge < -0.3 is 15.0 Å². The van der Waals surface area contributed by atoms with Crippen LogP contribution in [0.25, 0.3) is 0 Å². The lowest BCUT2D eigenvalue weighted by atomic mass is 9.87. The Morgan fingerprint density at radius 2 is 1.93 bits per heavy atom. The molecule has 0 unspecified atom stereocenters. The van der Waals surface area contributed by atoms with Crippen LogP contribution in [0.15, 0.2) is 36.7 Å². The van der Waals surface area contributed by atoms with E-state index in [9.17, 15) is 22.8 Å². The molecule has 0 aliphatic carbocycles. The Morgan fingerprint density at radius 1 is 1.25 bits per heavy atom. The number of amides is 2. The molecule has 3 rings (SSSR count). The van der Waals surface area contributed by atoms with Crippen LogP contribution in [0.1, 0.15) is 17.0 Å². The van der Waals surface area contributed by atoms with Gasteiger partial charge in [0.25, 0.3) is 0 Å². The summed E-state index contributed by atoms with van der Waals surface area (Å²) in [4.78, 5) is 34.5. The highest BCUT2D eigenvalue weighted by Crippen LogP contribution is 2.36. The van der Waals surface area contributed by atoms with Crippen LogP contribution in [0.5, 0.6) is 5.88 Å². The molecule has 10 heteroatoms. The lowest BCUT2D eigenvalue weighted by molar-refractivity contribution is -0.138. The number of halogens is 3. The smallest absolute Gasteiger partial charge is 0.416 e. The molecule has 0 spiro atoms. The summed E-state index contributed by atoms with van der Waals surface area (Å²) in [5.74, 6) is -2.40. The number of aromatic nitrogens is 2. The van der Waals surface area contributed by atoms with Gasteiger partial charge in [0.05, 0.1) is 25.1 Å². The molecular weight excluding hydrogens is 377 g/mol. The van der Waals surface area contributed by atoms with Crippen molar-refractivity contribution in [2.45, 2.75) is 12.1 Å². The van der Waals surface area contributed by atoms with Gasteiger partial charge >= 0.3 is 6.18 Å². The van der Waals surface area contributed by atoms with Crippen LogP contribution in [0, 0.1) is 5.92 Å². The van der Waals surface area contributed by atoms with Crippen LogP contribution in [0.2, 0.25) is 0 Å². The Morgan fingerprint density at radius 3 is 2.54 bits per heavy atom. The molecule has 1 aromatic carbocycles. The van der Waals surface area contributed by atoms with Crippen molar-refractivity contribution in [2.24, 2.45) is 5.92 Å². The summed E-state index contributed by atoms with van der Waals surface area (Å²) in [5, 5.41) is 2.52. The monoisotopic (exact) mass is 394 g/mol. The number of hydrogen-bond donors (Lipinski definition) is 1. The summed E-state index contributed by atoms with van der Waals surface area (Å²) >= 11 is 0. The predicted molar refractivity (Wildman–Crippen MR) is 92.5 cm³/mol. The maximum atomic E-state index is 12.8. The third kappa shape index (κ3) is 3.90. The second-order valence-corrected chi connectivity index (χ2v) is 6.36. The minimum atomic E-state index is -4.46. The van der Waals surface area contributed by atoms with Crippen molar-refractivity contribution >= 4 is 17.6 Å². The first-order valence-corrected chi connectivity index (χ1v) is 8.29. The van der Waals surface area contributed by atoms with Crippen LogP contribution in [-0.2, 0) is 15.8 Å². The molecule has 2 aromatic rings. The summed E-state index contributed by atoms with van der Waals surface area (Å²) in [5.41, 5.74) is -0.316. The number of ether oxygens (including phenoxy) is 1. The van der Waals surface area contributed by atoms with Gasteiger partial charge in [-0.15, -0.1) is 0 Å². The van der Waals surface area contributed by atoms with Crippen molar-refractivity contribution in [1.29, 1.82) is 0 Å². The molecular formula is C18H17F3N4O3. The standard InChI is InChI=1S/C18H17F3N4O3/c1-25-9-12(10-3-5-11(6-4-10)18(19,20)21)15(17(25)27)16(26)24-13-7-22-8-14(23-13)28-2/h3-8,12,15H,9H2,1-2H3,(H,23,24,26)/t12-,15+/m0/s1. The van der Waals surface area contributed by atoms with E-state index in [0.29, 0.717) is 5.56 Å². The number of carbonyl (C=O) groups excluding carboxylic acids is 2. The second kappa shape index (κ2) is 7.45. The molecule has 2 amide bonds. The molecule has 28 heavy (non-hydrogen) atoms. The van der Waals surface area contributed by atoms with Crippen LogP contribution >= 0.6 is 0 Å². The Labute approximate surface area is 158 Å². The predicted octanol–water partition coefficient (Wildman–Crippen LogP) is 2.31. The van der Waals surface area contributed by atoms with Gasteiger partial charge in [-0.2, -0.15) is 18.2 Å². The summed E-state index contributed by atoms with van der Waals surface area (Å²) < 4.78 is 43.3. The second-order valence-electron chi connectivity index (χ2n) is 6.36. The number of benzene rings is 1. The summed E-state index contributed by atoms with van der Waals surface area (Å²) in [7, 11) is 2.93. The van der Waals surface area contributed by atoms with E-state index >= 15 is 0 Å². The van der Waals surface area contributed by atoms with Gasteiger partial charge in [-0.05, 0) is 17.7 Å². The van der Waals surface area contributed by atoms with Gasteiger partial charge in [-0.3, -0.25) is 14.6 Å². The van der Waals surface area contributed by atoms with E-state index in [1.807, 2.05) is 0 Å². The van der Waals surface area contributed by atoms with Gasteiger partial charge in [-0.1, -0.05) is 12.1 Å². The molecule has 0 bridgehead atoms. The normalized spacial score (nSPS) is 19.6. The molecule has 2 atom stereocenters. The molecule has 1 aliphatic rings. The number of nitrogens with zero attached hydrogens (tertiary/aromatic N) is 3. The first-order valence-electron chi connectivity index (χ1n) is 8.29. The number of alkyl halides is 3. The highest BCUT2D eigenvalue weighted by Gasteiger charge is 2.44. The fraction of sp³-hybridized carbons (Fsp3) is 0.333. The zero-order chi connectivity index (χ0) is 20.5. The van der Waals surface area contributed by atoms with Crippen LogP contribution < -0.4 is 10.1 Å². The number of nitrogens with one attached hydrogen (secondary N) is 1. The number of likely N-dealkylation sites (N-methyl/N-ethyl adjacent to an activating group) is 1. The molecule has 1 fully saturated rings. The van der Waals surface area contributed by atoms with E-state index in [1.165, 1.54) is 43.6 Å². The average molecular weight is 394 g/mol. The summed E-state index contributed by atoms with van der Waals surface area (Å²) in [6.07, 6.45) is -1.80. The molecule has 0 radical (unpaired) electrons. The highest BCUT2D eigenvalue weighted by atomic mass is 19.4. The zero-order valence-electron chi connectivity index (χ0n) is 15.0. The van der Waals surface area contributed by atoms with Crippen molar-refractivity contribution in [3.63, 3.8) is 0 Å². The Bertz CT molecular complexity index is 886. The number of hydrogen-bond acceptors (Lipinski definition) is 5.